The second-order valence-corrected chi connectivity index (χ2v) is 7.12. The predicted molar refractivity (Wildman–Crippen MR) is 113 cm³/mol. The van der Waals surface area contributed by atoms with Crippen molar-refractivity contribution in [3.05, 3.63) is 101 Å². The maximum Gasteiger partial charge on any atom is 0.250 e. The number of nitrogens with zero attached hydrogens (tertiary/aromatic N) is 2. The van der Waals surface area contributed by atoms with E-state index in [2.05, 4.69) is 10.3 Å². The van der Waals surface area contributed by atoms with Crippen molar-refractivity contribution >= 4 is 23.4 Å². The number of benzene rings is 2. The third kappa shape index (κ3) is 6.16. The topological polar surface area (TPSA) is 63.5 Å². The number of carbonyl (C=O) groups excluding carboxylic acids is 2. The maximum absolute atomic E-state index is 12.7. The average Bonchev–Trinajstić information content (AvgIpc) is 2.70. The Labute approximate surface area is 174 Å². The summed E-state index contributed by atoms with van der Waals surface area (Å²) in [6.07, 6.45) is 1.95. The van der Waals surface area contributed by atoms with Crippen LogP contribution in [0.25, 0.3) is 0 Å². The van der Waals surface area contributed by atoms with Crippen LogP contribution < -0.4 is 10.8 Å². The van der Waals surface area contributed by atoms with Crippen LogP contribution in [0.4, 0.5) is 0 Å². The van der Waals surface area contributed by atoms with Crippen molar-refractivity contribution < 1.29 is 9.59 Å². The van der Waals surface area contributed by atoms with Gasteiger partial charge in [0.05, 0.1) is 12.5 Å². The highest BCUT2D eigenvalue weighted by Crippen LogP contribution is 2.20. The van der Waals surface area contributed by atoms with Gasteiger partial charge in [0.25, 0.3) is 0 Å². The van der Waals surface area contributed by atoms with Gasteiger partial charge in [-0.2, -0.15) is 4.99 Å². The second kappa shape index (κ2) is 9.85. The Morgan fingerprint density at radius 2 is 1.69 bits per heavy atom. The summed E-state index contributed by atoms with van der Waals surface area (Å²) in [4.78, 5) is 28.6. The highest BCUT2D eigenvalue weighted by molar-refractivity contribution is 6.30. The molecule has 3 rings (SSSR count). The molecular weight excluding hydrogens is 386 g/mol. The lowest BCUT2D eigenvalue weighted by Gasteiger charge is -2.17. The van der Waals surface area contributed by atoms with Gasteiger partial charge < -0.3 is 9.88 Å². The summed E-state index contributed by atoms with van der Waals surface area (Å²) in [6.45, 7) is 2.04. The molecule has 0 aliphatic carbocycles. The van der Waals surface area contributed by atoms with E-state index in [1.54, 1.807) is 30.3 Å². The highest BCUT2D eigenvalue weighted by Gasteiger charge is 2.17. The Kier molecular flexibility index (Phi) is 6.98. The number of hydrogen-bond acceptors (Lipinski definition) is 2. The molecule has 2 aromatic carbocycles. The normalized spacial score (nSPS) is 12.4. The number of aromatic nitrogens is 1. The zero-order chi connectivity index (χ0) is 20.6. The van der Waals surface area contributed by atoms with Gasteiger partial charge in [-0.1, -0.05) is 60.1 Å². The molecule has 0 radical (unpaired) electrons. The number of halogens is 1. The number of pyridine rings is 1. The van der Waals surface area contributed by atoms with Gasteiger partial charge >= 0.3 is 0 Å². The van der Waals surface area contributed by atoms with Crippen LogP contribution in [-0.2, 0) is 16.1 Å². The molecule has 29 heavy (non-hydrogen) atoms. The summed E-state index contributed by atoms with van der Waals surface area (Å²) >= 11 is 5.94. The van der Waals surface area contributed by atoms with Crippen LogP contribution in [0.15, 0.2) is 84.0 Å². The number of hydrogen-bond donors (Lipinski definition) is 1. The van der Waals surface area contributed by atoms with Crippen LogP contribution in [0.1, 0.15) is 30.5 Å². The molecule has 0 fully saturated rings. The molecule has 2 amide bonds. The van der Waals surface area contributed by atoms with Crippen LogP contribution in [0.5, 0.6) is 0 Å². The highest BCUT2D eigenvalue weighted by atomic mass is 35.5. The Bertz CT molecular complexity index is 1040. The maximum atomic E-state index is 12.7. The molecule has 0 bridgehead atoms. The lowest BCUT2D eigenvalue weighted by molar-refractivity contribution is -0.121. The molecule has 0 aliphatic rings. The van der Waals surface area contributed by atoms with Crippen molar-refractivity contribution in [1.82, 2.24) is 9.88 Å². The summed E-state index contributed by atoms with van der Waals surface area (Å²) in [5.74, 6) is -0.525. The molecule has 0 spiro atoms. The van der Waals surface area contributed by atoms with Gasteiger partial charge in [0, 0.05) is 24.7 Å². The van der Waals surface area contributed by atoms with Crippen molar-refractivity contribution in [2.75, 3.05) is 0 Å². The van der Waals surface area contributed by atoms with Gasteiger partial charge in [-0.15, -0.1) is 0 Å². The van der Waals surface area contributed by atoms with E-state index < -0.39 is 6.04 Å². The van der Waals surface area contributed by atoms with E-state index in [4.69, 9.17) is 11.6 Å². The number of nitrogens with one attached hydrogen (secondary N) is 1. The Balaban J connectivity index is 1.83. The monoisotopic (exact) mass is 407 g/mol. The molecule has 0 saturated carbocycles. The standard InChI is InChI=1S/C23H22ClN3O2/c1-17(28)25-21(19-10-12-20(24)13-11-19)15-23(29)26-22-9-5-6-14-27(22)16-18-7-3-2-4-8-18/h2-14,21H,15-16H2,1H3,(H,25,28). The average molecular weight is 408 g/mol. The zero-order valence-corrected chi connectivity index (χ0v) is 16.8. The first-order valence-electron chi connectivity index (χ1n) is 9.31. The lowest BCUT2D eigenvalue weighted by atomic mass is 10.0. The Morgan fingerprint density at radius 1 is 1.00 bits per heavy atom. The fraction of sp³-hybridized carbons (Fsp3) is 0.174. The van der Waals surface area contributed by atoms with Crippen LogP contribution >= 0.6 is 11.6 Å². The molecule has 3 aromatic rings. The quantitative estimate of drug-likeness (QED) is 0.673. The van der Waals surface area contributed by atoms with Gasteiger partial charge in [0.2, 0.25) is 11.8 Å². The number of rotatable bonds is 6. The first-order chi connectivity index (χ1) is 14.0. The summed E-state index contributed by atoms with van der Waals surface area (Å²) in [5.41, 5.74) is 2.49. The van der Waals surface area contributed by atoms with Crippen molar-refractivity contribution in [3.8, 4) is 0 Å². The fourth-order valence-corrected chi connectivity index (χ4v) is 3.15. The fourth-order valence-electron chi connectivity index (χ4n) is 3.02. The molecule has 5 nitrogen and oxygen atoms in total. The molecule has 1 unspecified atom stereocenters. The van der Waals surface area contributed by atoms with E-state index in [0.717, 1.165) is 11.1 Å². The molecule has 0 saturated heterocycles. The third-order valence-electron chi connectivity index (χ3n) is 4.38. The first kappa shape index (κ1) is 20.6. The minimum Gasteiger partial charge on any atom is -0.349 e. The van der Waals surface area contributed by atoms with E-state index in [-0.39, 0.29) is 18.2 Å². The van der Waals surface area contributed by atoms with Gasteiger partial charge in [-0.05, 0) is 35.4 Å². The van der Waals surface area contributed by atoms with E-state index in [9.17, 15) is 9.59 Å². The minimum absolute atomic E-state index is 0.0570. The van der Waals surface area contributed by atoms with Gasteiger partial charge in [0.15, 0.2) is 0 Å². The predicted octanol–water partition coefficient (Wildman–Crippen LogP) is 3.88. The summed E-state index contributed by atoms with van der Waals surface area (Å²) in [5, 5.41) is 3.41. The zero-order valence-electron chi connectivity index (χ0n) is 16.1. The van der Waals surface area contributed by atoms with Gasteiger partial charge in [0.1, 0.15) is 5.49 Å². The molecule has 0 aliphatic heterocycles. The van der Waals surface area contributed by atoms with E-state index in [0.29, 0.717) is 17.1 Å². The number of amides is 2. The SMILES string of the molecule is CC(=O)NC(CC(=O)N=c1ccccn1Cc1ccccc1)c1ccc(Cl)cc1. The molecule has 1 heterocycles. The molecule has 1 N–H and O–H groups in total. The van der Waals surface area contributed by atoms with Crippen molar-refractivity contribution in [3.63, 3.8) is 0 Å². The van der Waals surface area contributed by atoms with Crippen LogP contribution in [0.2, 0.25) is 5.02 Å². The smallest absolute Gasteiger partial charge is 0.250 e. The first-order valence-corrected chi connectivity index (χ1v) is 9.68. The van der Waals surface area contributed by atoms with Gasteiger partial charge in [-0.25, -0.2) is 0 Å². The van der Waals surface area contributed by atoms with E-state index in [1.165, 1.54) is 6.92 Å². The molecule has 1 atom stereocenters. The molecule has 6 heteroatoms. The molecular formula is C23H22ClN3O2. The Morgan fingerprint density at radius 3 is 2.38 bits per heavy atom. The van der Waals surface area contributed by atoms with Gasteiger partial charge in [-0.3, -0.25) is 9.59 Å². The molecule has 1 aromatic heterocycles. The summed E-state index contributed by atoms with van der Waals surface area (Å²) in [7, 11) is 0. The molecule has 148 valence electrons. The lowest BCUT2D eigenvalue weighted by Crippen LogP contribution is -2.29. The van der Waals surface area contributed by atoms with Crippen molar-refractivity contribution in [2.24, 2.45) is 4.99 Å². The largest absolute Gasteiger partial charge is 0.349 e. The van der Waals surface area contributed by atoms with Crippen LogP contribution in [0.3, 0.4) is 0 Å². The van der Waals surface area contributed by atoms with E-state index in [1.807, 2.05) is 53.2 Å². The van der Waals surface area contributed by atoms with Crippen LogP contribution in [0, 0.1) is 0 Å². The van der Waals surface area contributed by atoms with Crippen LogP contribution in [-0.4, -0.2) is 16.4 Å². The second-order valence-electron chi connectivity index (χ2n) is 6.69. The summed E-state index contributed by atoms with van der Waals surface area (Å²) < 4.78 is 1.92. The minimum atomic E-state index is -0.465. The summed E-state index contributed by atoms with van der Waals surface area (Å²) in [6, 6.07) is 22.1. The number of carbonyl (C=O) groups is 2. The van der Waals surface area contributed by atoms with E-state index >= 15 is 0 Å². The van der Waals surface area contributed by atoms with Crippen molar-refractivity contribution in [1.29, 1.82) is 0 Å². The third-order valence-corrected chi connectivity index (χ3v) is 4.63. The Hall–Kier alpha value is -3.18. The van der Waals surface area contributed by atoms with Crippen molar-refractivity contribution in [2.45, 2.75) is 25.9 Å².